The number of rotatable bonds is 6. The lowest BCUT2D eigenvalue weighted by Crippen LogP contribution is -2.31. The number of anilines is 2. The number of fused-ring (bicyclic) bond motifs is 1. The van der Waals surface area contributed by atoms with Crippen LogP contribution in [0.15, 0.2) is 59.8 Å². The number of hydrogen-bond donors (Lipinski definition) is 2. The molecule has 2 N–H and O–H groups in total. The van der Waals surface area contributed by atoms with E-state index in [1.807, 2.05) is 0 Å². The van der Waals surface area contributed by atoms with Gasteiger partial charge in [0.25, 0.3) is 17.7 Å². The van der Waals surface area contributed by atoms with E-state index in [4.69, 9.17) is 9.84 Å². The molecule has 0 fully saturated rings. The summed E-state index contributed by atoms with van der Waals surface area (Å²) in [4.78, 5) is 52.4. The minimum Gasteiger partial charge on any atom is -0.466 e. The number of imide groups is 1. The number of nitrogens with zero attached hydrogens (tertiary/aromatic N) is 2. The van der Waals surface area contributed by atoms with Gasteiger partial charge in [0.1, 0.15) is 5.70 Å². The maximum atomic E-state index is 12.6. The van der Waals surface area contributed by atoms with Crippen LogP contribution in [0, 0.1) is 0 Å². The average Bonchev–Trinajstić information content (AvgIpc) is 3.23. The highest BCUT2D eigenvalue weighted by Crippen LogP contribution is 2.30. The number of hydrogen-bond acceptors (Lipinski definition) is 7. The number of aliphatic hydroxyl groups is 1. The molecule has 2 aromatic carbocycles. The topological polar surface area (TPSA) is 116 Å². The van der Waals surface area contributed by atoms with E-state index in [2.05, 4.69) is 5.32 Å². The van der Waals surface area contributed by atoms with Crippen molar-refractivity contribution in [1.29, 1.82) is 0 Å². The Hall–Kier alpha value is -3.98. The standard InChI is InChI=1S/C22H19N3O6/c1-31-22(30)17-12-24(10-11-26)21(29)18(17)23-13-6-8-14(9-7-13)25-19(27)15-4-2-3-5-16(15)20(25)28/h2-9,23,26H,10-12H2,1H3. The van der Waals surface area contributed by atoms with Gasteiger partial charge in [-0.3, -0.25) is 14.4 Å². The number of nitrogens with one attached hydrogen (secondary N) is 1. The first kappa shape index (κ1) is 20.3. The fourth-order valence-electron chi connectivity index (χ4n) is 3.61. The average molecular weight is 421 g/mol. The van der Waals surface area contributed by atoms with Crippen molar-refractivity contribution in [3.63, 3.8) is 0 Å². The summed E-state index contributed by atoms with van der Waals surface area (Å²) in [6.45, 7) is -0.118. The Morgan fingerprint density at radius 3 is 2.16 bits per heavy atom. The number of aliphatic hydroxyl groups excluding tert-OH is 1. The first-order valence-electron chi connectivity index (χ1n) is 9.52. The molecule has 158 valence electrons. The number of carbonyl (C=O) groups is 4. The molecular formula is C22H19N3O6. The summed E-state index contributed by atoms with van der Waals surface area (Å²) in [5.74, 6) is -1.87. The van der Waals surface area contributed by atoms with Crippen LogP contribution >= 0.6 is 0 Å². The normalized spacial score (nSPS) is 15.6. The maximum Gasteiger partial charge on any atom is 0.337 e. The molecule has 0 unspecified atom stereocenters. The largest absolute Gasteiger partial charge is 0.466 e. The van der Waals surface area contributed by atoms with Crippen molar-refractivity contribution >= 4 is 35.1 Å². The molecule has 0 bridgehead atoms. The van der Waals surface area contributed by atoms with E-state index < -0.39 is 23.7 Å². The highest BCUT2D eigenvalue weighted by atomic mass is 16.5. The van der Waals surface area contributed by atoms with E-state index in [9.17, 15) is 19.2 Å². The van der Waals surface area contributed by atoms with Crippen LogP contribution in [-0.2, 0) is 14.3 Å². The minimum absolute atomic E-state index is 0.0293. The molecule has 31 heavy (non-hydrogen) atoms. The number of β-amino-alcohol motifs (C(OH)–C–C–N with tert-alkyl or cyclic N) is 1. The zero-order valence-electron chi connectivity index (χ0n) is 16.6. The summed E-state index contributed by atoms with van der Waals surface area (Å²) in [6, 6.07) is 13.0. The third-order valence-electron chi connectivity index (χ3n) is 5.14. The molecule has 0 saturated carbocycles. The van der Waals surface area contributed by atoms with Gasteiger partial charge in [-0.05, 0) is 36.4 Å². The fourth-order valence-corrected chi connectivity index (χ4v) is 3.61. The highest BCUT2D eigenvalue weighted by molar-refractivity contribution is 6.34. The van der Waals surface area contributed by atoms with Crippen molar-refractivity contribution < 1.29 is 29.0 Å². The molecule has 2 aliphatic heterocycles. The molecule has 2 aromatic rings. The maximum absolute atomic E-state index is 12.6. The lowest BCUT2D eigenvalue weighted by Gasteiger charge is -2.16. The van der Waals surface area contributed by atoms with Gasteiger partial charge >= 0.3 is 5.97 Å². The van der Waals surface area contributed by atoms with Crippen LogP contribution in [0.4, 0.5) is 11.4 Å². The number of methoxy groups -OCH3 is 1. The zero-order chi connectivity index (χ0) is 22.1. The monoisotopic (exact) mass is 421 g/mol. The molecule has 9 heteroatoms. The number of benzene rings is 2. The van der Waals surface area contributed by atoms with E-state index in [1.54, 1.807) is 48.5 Å². The van der Waals surface area contributed by atoms with Gasteiger partial charge in [-0.2, -0.15) is 0 Å². The predicted molar refractivity (Wildman–Crippen MR) is 110 cm³/mol. The molecule has 2 heterocycles. The van der Waals surface area contributed by atoms with Crippen LogP contribution in [0.1, 0.15) is 20.7 Å². The second-order valence-electron chi connectivity index (χ2n) is 6.96. The third-order valence-corrected chi connectivity index (χ3v) is 5.14. The van der Waals surface area contributed by atoms with Crippen LogP contribution in [0.2, 0.25) is 0 Å². The van der Waals surface area contributed by atoms with Crippen molar-refractivity contribution in [2.75, 3.05) is 37.0 Å². The minimum atomic E-state index is -0.640. The summed E-state index contributed by atoms with van der Waals surface area (Å²) >= 11 is 0. The number of amides is 3. The molecule has 3 amide bonds. The Morgan fingerprint density at radius 1 is 1.00 bits per heavy atom. The highest BCUT2D eigenvalue weighted by Gasteiger charge is 2.37. The second-order valence-corrected chi connectivity index (χ2v) is 6.96. The van der Waals surface area contributed by atoms with Crippen LogP contribution in [-0.4, -0.2) is 60.5 Å². The van der Waals surface area contributed by atoms with E-state index in [-0.39, 0.29) is 31.0 Å². The number of carbonyl (C=O) groups excluding carboxylic acids is 4. The van der Waals surface area contributed by atoms with Crippen LogP contribution in [0.5, 0.6) is 0 Å². The molecule has 0 spiro atoms. The molecule has 4 rings (SSSR count). The number of esters is 1. The Kier molecular flexibility index (Phi) is 5.26. The molecule has 0 atom stereocenters. The SMILES string of the molecule is COC(=O)C1=C(Nc2ccc(N3C(=O)c4ccccc4C3=O)cc2)C(=O)N(CCO)C1. The molecule has 0 saturated heterocycles. The van der Waals surface area contributed by atoms with Crippen LogP contribution in [0.25, 0.3) is 0 Å². The van der Waals surface area contributed by atoms with E-state index in [0.29, 0.717) is 22.5 Å². The summed E-state index contributed by atoms with van der Waals surface area (Å²) in [5.41, 5.74) is 1.79. The molecule has 0 aliphatic carbocycles. The summed E-state index contributed by atoms with van der Waals surface area (Å²) in [5, 5.41) is 12.1. The lowest BCUT2D eigenvalue weighted by atomic mass is 10.1. The van der Waals surface area contributed by atoms with Gasteiger partial charge in [0.05, 0.1) is 42.6 Å². The Bertz CT molecular complexity index is 1090. The fraction of sp³-hybridized carbons (Fsp3) is 0.182. The molecule has 0 radical (unpaired) electrons. The predicted octanol–water partition coefficient (Wildman–Crippen LogP) is 1.16. The van der Waals surface area contributed by atoms with Crippen molar-refractivity contribution in [1.82, 2.24) is 4.90 Å². The first-order chi connectivity index (χ1) is 15.0. The third kappa shape index (κ3) is 3.44. The lowest BCUT2D eigenvalue weighted by molar-refractivity contribution is -0.136. The molecule has 9 nitrogen and oxygen atoms in total. The van der Waals surface area contributed by atoms with Gasteiger partial charge in [0.15, 0.2) is 0 Å². The van der Waals surface area contributed by atoms with Crippen LogP contribution < -0.4 is 10.2 Å². The van der Waals surface area contributed by atoms with E-state index in [1.165, 1.54) is 12.0 Å². The van der Waals surface area contributed by atoms with Crippen molar-refractivity contribution in [2.45, 2.75) is 0 Å². The van der Waals surface area contributed by atoms with Gasteiger partial charge < -0.3 is 20.1 Å². The number of ether oxygens (including phenoxy) is 1. The van der Waals surface area contributed by atoms with Crippen LogP contribution in [0.3, 0.4) is 0 Å². The van der Waals surface area contributed by atoms with Gasteiger partial charge in [-0.1, -0.05) is 12.1 Å². The van der Waals surface area contributed by atoms with Gasteiger partial charge in [-0.15, -0.1) is 0 Å². The summed E-state index contributed by atoms with van der Waals surface area (Å²) in [7, 11) is 1.23. The van der Waals surface area contributed by atoms with Gasteiger partial charge in [0.2, 0.25) is 0 Å². The summed E-state index contributed by atoms with van der Waals surface area (Å²) in [6.07, 6.45) is 0. The Balaban J connectivity index is 1.58. The zero-order valence-corrected chi connectivity index (χ0v) is 16.6. The first-order valence-corrected chi connectivity index (χ1v) is 9.52. The Labute approximate surface area is 177 Å². The quantitative estimate of drug-likeness (QED) is 0.531. The molecular weight excluding hydrogens is 402 g/mol. The Morgan fingerprint density at radius 2 is 1.61 bits per heavy atom. The van der Waals surface area contributed by atoms with E-state index in [0.717, 1.165) is 4.90 Å². The van der Waals surface area contributed by atoms with Crippen molar-refractivity contribution in [2.24, 2.45) is 0 Å². The van der Waals surface area contributed by atoms with E-state index >= 15 is 0 Å². The molecule has 0 aromatic heterocycles. The summed E-state index contributed by atoms with van der Waals surface area (Å²) < 4.78 is 4.76. The van der Waals surface area contributed by atoms with Crippen molar-refractivity contribution in [3.8, 4) is 0 Å². The smallest absolute Gasteiger partial charge is 0.337 e. The molecule has 2 aliphatic rings. The van der Waals surface area contributed by atoms with Gasteiger partial charge in [0, 0.05) is 12.2 Å². The van der Waals surface area contributed by atoms with Crippen molar-refractivity contribution in [3.05, 3.63) is 70.9 Å². The van der Waals surface area contributed by atoms with Gasteiger partial charge in [-0.25, -0.2) is 9.69 Å². The second kappa shape index (κ2) is 8.04.